The van der Waals surface area contributed by atoms with Crippen LogP contribution in [0.2, 0.25) is 0 Å². The van der Waals surface area contributed by atoms with Crippen molar-refractivity contribution in [3.05, 3.63) is 83.4 Å². The van der Waals surface area contributed by atoms with E-state index in [1.807, 2.05) is 45.0 Å². The van der Waals surface area contributed by atoms with Crippen LogP contribution in [0, 0.1) is 0 Å². The maximum Gasteiger partial charge on any atom is 0.410 e. The topological polar surface area (TPSA) is 115 Å². The van der Waals surface area contributed by atoms with E-state index in [4.69, 9.17) is 4.74 Å². The highest BCUT2D eigenvalue weighted by Gasteiger charge is 2.33. The average Bonchev–Trinajstić information content (AvgIpc) is 3.74. The highest BCUT2D eigenvalue weighted by Crippen LogP contribution is 2.32. The predicted molar refractivity (Wildman–Crippen MR) is 191 cm³/mol. The second kappa shape index (κ2) is 14.3. The monoisotopic (exact) mass is 697 g/mol. The van der Waals surface area contributed by atoms with Crippen molar-refractivity contribution < 1.29 is 22.7 Å². The molecule has 0 aliphatic carbocycles. The molecule has 47 heavy (non-hydrogen) atoms. The van der Waals surface area contributed by atoms with Gasteiger partial charge < -0.3 is 19.9 Å². The highest BCUT2D eigenvalue weighted by atomic mass is 32.2. The van der Waals surface area contributed by atoms with Crippen LogP contribution in [0.25, 0.3) is 10.9 Å². The third-order valence-corrected chi connectivity index (χ3v) is 12.6. The molecule has 0 saturated carbocycles. The van der Waals surface area contributed by atoms with Crippen LogP contribution in [0.5, 0.6) is 0 Å². The molecule has 3 heterocycles. The van der Waals surface area contributed by atoms with E-state index in [1.165, 1.54) is 16.9 Å². The van der Waals surface area contributed by atoms with E-state index in [-0.39, 0.29) is 21.0 Å². The molecular formula is C34H43N5O5S3. The molecule has 4 aromatic rings. The summed E-state index contributed by atoms with van der Waals surface area (Å²) in [5.74, 6) is 0.517. The Morgan fingerprint density at radius 2 is 1.72 bits per heavy atom. The van der Waals surface area contributed by atoms with Crippen molar-refractivity contribution in [2.45, 2.75) is 48.0 Å². The molecule has 1 atom stereocenters. The van der Waals surface area contributed by atoms with Crippen LogP contribution in [0.15, 0.2) is 76.3 Å². The number of aromatic nitrogens is 1. The van der Waals surface area contributed by atoms with Crippen LogP contribution in [-0.2, 0) is 20.5 Å². The fourth-order valence-corrected chi connectivity index (χ4v) is 8.96. The van der Waals surface area contributed by atoms with E-state index in [1.54, 1.807) is 52.4 Å². The summed E-state index contributed by atoms with van der Waals surface area (Å²) in [5, 5.41) is 5.62. The molecule has 2 amide bonds. The summed E-state index contributed by atoms with van der Waals surface area (Å²) < 4.78 is 33.2. The number of thiophene rings is 1. The fourth-order valence-electron chi connectivity index (χ4n) is 5.43. The van der Waals surface area contributed by atoms with Crippen molar-refractivity contribution >= 4 is 61.7 Å². The quantitative estimate of drug-likeness (QED) is 0.197. The molecule has 13 heteroatoms. The molecule has 1 unspecified atom stereocenters. The number of fused-ring (bicyclic) bond motifs is 1. The first-order valence-electron chi connectivity index (χ1n) is 15.5. The van der Waals surface area contributed by atoms with Crippen molar-refractivity contribution in [2.24, 2.45) is 0 Å². The van der Waals surface area contributed by atoms with E-state index >= 15 is 0 Å². The second-order valence-electron chi connectivity index (χ2n) is 13.0. The first kappa shape index (κ1) is 34.8. The van der Waals surface area contributed by atoms with Crippen LogP contribution in [0.3, 0.4) is 0 Å². The van der Waals surface area contributed by atoms with Gasteiger partial charge in [0, 0.05) is 62.2 Å². The number of benzene rings is 2. The molecule has 0 bridgehead atoms. The van der Waals surface area contributed by atoms with Gasteiger partial charge in [0.2, 0.25) is 0 Å². The SMILES string of the molecule is CN(c1cccc2cc(C(=O)NCC(C)(CN3CCN(C(=O)OC(C)(C)C)CC3)SCc3ccccc3)[nH]c12)S(=O)(=O)c1cccs1. The van der Waals surface area contributed by atoms with Gasteiger partial charge in [-0.05, 0) is 56.8 Å². The summed E-state index contributed by atoms with van der Waals surface area (Å²) in [6.07, 6.45) is -0.289. The van der Waals surface area contributed by atoms with Crippen molar-refractivity contribution in [3.63, 3.8) is 0 Å². The molecule has 2 N–H and O–H groups in total. The number of rotatable bonds is 11. The van der Waals surface area contributed by atoms with Gasteiger partial charge in [0.1, 0.15) is 15.5 Å². The number of aromatic amines is 1. The summed E-state index contributed by atoms with van der Waals surface area (Å²) >= 11 is 2.95. The van der Waals surface area contributed by atoms with E-state index in [0.29, 0.717) is 49.6 Å². The Morgan fingerprint density at radius 1 is 1.00 bits per heavy atom. The molecule has 1 saturated heterocycles. The zero-order valence-corrected chi connectivity index (χ0v) is 29.9. The number of sulfonamides is 1. The first-order chi connectivity index (χ1) is 22.2. The number of piperazine rings is 1. The summed E-state index contributed by atoms with van der Waals surface area (Å²) in [6, 6.07) is 20.7. The number of hydrogen-bond donors (Lipinski definition) is 2. The summed E-state index contributed by atoms with van der Waals surface area (Å²) in [7, 11) is -2.22. The van der Waals surface area contributed by atoms with Gasteiger partial charge in [-0.2, -0.15) is 0 Å². The Hall–Kier alpha value is -3.52. The number of amides is 2. The van der Waals surface area contributed by atoms with Crippen molar-refractivity contribution in [1.82, 2.24) is 20.1 Å². The number of ether oxygens (including phenoxy) is 1. The highest BCUT2D eigenvalue weighted by molar-refractivity contribution is 8.00. The summed E-state index contributed by atoms with van der Waals surface area (Å²) in [6.45, 7) is 11.5. The Kier molecular flexibility index (Phi) is 10.6. The van der Waals surface area contributed by atoms with Crippen LogP contribution in [0.1, 0.15) is 43.7 Å². The Labute approximate surface area is 285 Å². The Bertz CT molecular complexity index is 1780. The Morgan fingerprint density at radius 3 is 2.38 bits per heavy atom. The van der Waals surface area contributed by atoms with Crippen LogP contribution >= 0.6 is 23.1 Å². The molecule has 10 nitrogen and oxygen atoms in total. The summed E-state index contributed by atoms with van der Waals surface area (Å²) in [5.41, 5.74) is 2.06. The molecule has 2 aromatic heterocycles. The minimum atomic E-state index is -3.75. The maximum atomic E-state index is 13.6. The Balaban J connectivity index is 1.28. The first-order valence-corrected chi connectivity index (χ1v) is 18.9. The number of nitrogens with zero attached hydrogens (tertiary/aromatic N) is 3. The molecule has 1 aliphatic rings. The summed E-state index contributed by atoms with van der Waals surface area (Å²) in [4.78, 5) is 33.5. The fraction of sp³-hybridized carbons (Fsp3) is 0.412. The van der Waals surface area contributed by atoms with Crippen molar-refractivity contribution in [3.8, 4) is 0 Å². The standard InChI is InChI=1S/C34H43N5O5S3/c1-33(2,3)44-32(41)39-18-16-38(17-19-39)24-34(4,46-22-25-11-7-6-8-12-25)23-35-31(40)27-21-26-13-9-14-28(30(26)36-27)37(5)47(42,43)29-15-10-20-45-29/h6-15,20-21,36H,16-19,22-24H2,1-5H3,(H,35,40). The lowest BCUT2D eigenvalue weighted by Gasteiger charge is -2.40. The molecule has 5 rings (SSSR count). The van der Waals surface area contributed by atoms with Gasteiger partial charge >= 0.3 is 6.09 Å². The second-order valence-corrected chi connectivity index (χ2v) is 17.7. The number of carbonyl (C=O) groups excluding carboxylic acids is 2. The third kappa shape index (κ3) is 8.69. The van der Waals surface area contributed by atoms with Crippen LogP contribution in [-0.4, -0.2) is 91.9 Å². The van der Waals surface area contributed by atoms with E-state index in [0.717, 1.165) is 29.0 Å². The van der Waals surface area contributed by atoms with Gasteiger partial charge in [-0.25, -0.2) is 13.2 Å². The molecule has 2 aromatic carbocycles. The lowest BCUT2D eigenvalue weighted by atomic mass is 10.1. The van der Waals surface area contributed by atoms with E-state index in [9.17, 15) is 18.0 Å². The molecule has 252 valence electrons. The largest absolute Gasteiger partial charge is 0.444 e. The molecule has 1 fully saturated rings. The molecule has 1 aliphatic heterocycles. The average molecular weight is 698 g/mol. The number of thioether (sulfide) groups is 1. The minimum Gasteiger partial charge on any atom is -0.444 e. The van der Waals surface area contributed by atoms with Crippen molar-refractivity contribution in [2.75, 3.05) is 50.6 Å². The van der Waals surface area contributed by atoms with E-state index in [2.05, 4.69) is 34.3 Å². The third-order valence-electron chi connectivity index (χ3n) is 7.96. The zero-order valence-electron chi connectivity index (χ0n) is 27.5. The predicted octanol–water partition coefficient (Wildman–Crippen LogP) is 6.03. The minimum absolute atomic E-state index is 0.250. The number of nitrogens with one attached hydrogen (secondary N) is 2. The van der Waals surface area contributed by atoms with Gasteiger partial charge in [-0.3, -0.25) is 14.0 Å². The number of carbonyl (C=O) groups is 2. The molecule has 0 radical (unpaired) electrons. The maximum absolute atomic E-state index is 13.6. The molecule has 0 spiro atoms. The van der Waals surface area contributed by atoms with Crippen LogP contribution in [0.4, 0.5) is 10.5 Å². The number of H-pyrrole nitrogens is 1. The lowest BCUT2D eigenvalue weighted by Crippen LogP contribution is -2.54. The number of hydrogen-bond acceptors (Lipinski definition) is 8. The van der Waals surface area contributed by atoms with Crippen LogP contribution < -0.4 is 9.62 Å². The molecular weight excluding hydrogens is 655 g/mol. The van der Waals surface area contributed by atoms with Crippen molar-refractivity contribution in [1.29, 1.82) is 0 Å². The smallest absolute Gasteiger partial charge is 0.410 e. The van der Waals surface area contributed by atoms with E-state index < -0.39 is 15.6 Å². The lowest BCUT2D eigenvalue weighted by molar-refractivity contribution is 0.0139. The van der Waals surface area contributed by atoms with Gasteiger partial charge in [0.15, 0.2) is 0 Å². The number of anilines is 1. The normalized spacial score (nSPS) is 15.7. The van der Waals surface area contributed by atoms with Gasteiger partial charge in [-0.15, -0.1) is 23.1 Å². The van der Waals surface area contributed by atoms with Gasteiger partial charge in [0.05, 0.1) is 11.2 Å². The van der Waals surface area contributed by atoms with Gasteiger partial charge in [-0.1, -0.05) is 48.5 Å². The number of para-hydroxylation sites is 1. The zero-order chi connectivity index (χ0) is 33.8. The van der Waals surface area contributed by atoms with Gasteiger partial charge in [0.25, 0.3) is 15.9 Å².